The highest BCUT2D eigenvalue weighted by Crippen LogP contribution is 2.15. The van der Waals surface area contributed by atoms with Gasteiger partial charge in [0.25, 0.3) is 0 Å². The van der Waals surface area contributed by atoms with E-state index in [-0.39, 0.29) is 36.1 Å². The Hall–Kier alpha value is -0.990. The maximum Gasteiger partial charge on any atom is 0.140 e. The predicted octanol–water partition coefficient (Wildman–Crippen LogP) is 1.68. The fourth-order valence-corrected chi connectivity index (χ4v) is 1.67. The van der Waals surface area contributed by atoms with E-state index in [1.165, 1.54) is 0 Å². The SMILES string of the molecule is CC1CCCC(=O)CC(=O)CCC1=O. The Morgan fingerprint density at radius 3 is 2.36 bits per heavy atom. The van der Waals surface area contributed by atoms with Gasteiger partial charge in [0.2, 0.25) is 0 Å². The van der Waals surface area contributed by atoms with Crippen LogP contribution in [0.3, 0.4) is 0 Å². The first-order valence-electron chi connectivity index (χ1n) is 5.15. The zero-order chi connectivity index (χ0) is 10.6. The molecule has 0 aliphatic heterocycles. The first kappa shape index (κ1) is 11.1. The molecule has 0 saturated heterocycles. The van der Waals surface area contributed by atoms with Crippen molar-refractivity contribution in [1.29, 1.82) is 0 Å². The molecule has 1 aliphatic carbocycles. The minimum atomic E-state index is -0.0857. The summed E-state index contributed by atoms with van der Waals surface area (Å²) in [6.45, 7) is 1.87. The molecule has 0 radical (unpaired) electrons. The molecule has 0 spiro atoms. The molecular formula is C11H16O3. The number of hydrogen-bond donors (Lipinski definition) is 0. The molecule has 1 saturated carbocycles. The Bertz CT molecular complexity index is 255. The van der Waals surface area contributed by atoms with E-state index in [4.69, 9.17) is 0 Å². The molecule has 0 aromatic rings. The molecule has 0 amide bonds. The molecule has 0 N–H and O–H groups in total. The zero-order valence-corrected chi connectivity index (χ0v) is 8.54. The second kappa shape index (κ2) is 5.03. The normalized spacial score (nSPS) is 26.4. The van der Waals surface area contributed by atoms with Crippen molar-refractivity contribution in [3.63, 3.8) is 0 Å². The molecule has 1 rings (SSSR count). The van der Waals surface area contributed by atoms with E-state index in [1.807, 2.05) is 6.92 Å². The van der Waals surface area contributed by atoms with Gasteiger partial charge in [-0.3, -0.25) is 14.4 Å². The van der Waals surface area contributed by atoms with Gasteiger partial charge in [0.05, 0.1) is 6.42 Å². The molecule has 0 aromatic heterocycles. The first-order chi connectivity index (χ1) is 6.59. The smallest absolute Gasteiger partial charge is 0.140 e. The second-order valence-electron chi connectivity index (χ2n) is 4.01. The van der Waals surface area contributed by atoms with Crippen LogP contribution in [-0.4, -0.2) is 17.3 Å². The highest BCUT2D eigenvalue weighted by Gasteiger charge is 2.18. The lowest BCUT2D eigenvalue weighted by Crippen LogP contribution is -2.17. The second-order valence-corrected chi connectivity index (χ2v) is 4.01. The minimum Gasteiger partial charge on any atom is -0.299 e. The third-order valence-corrected chi connectivity index (χ3v) is 2.69. The number of rotatable bonds is 0. The number of Topliss-reactive ketones (excluding diaryl/α,β-unsaturated/α-hetero) is 3. The van der Waals surface area contributed by atoms with Crippen molar-refractivity contribution in [2.24, 2.45) is 5.92 Å². The average Bonchev–Trinajstić information content (AvgIpc) is 2.12. The van der Waals surface area contributed by atoms with Crippen LogP contribution in [0.25, 0.3) is 0 Å². The molecule has 0 bridgehead atoms. The van der Waals surface area contributed by atoms with Crippen LogP contribution < -0.4 is 0 Å². The van der Waals surface area contributed by atoms with Crippen molar-refractivity contribution in [3.05, 3.63) is 0 Å². The van der Waals surface area contributed by atoms with Gasteiger partial charge in [0.1, 0.15) is 17.3 Å². The van der Waals surface area contributed by atoms with Gasteiger partial charge < -0.3 is 0 Å². The zero-order valence-electron chi connectivity index (χ0n) is 8.54. The standard InChI is InChI=1S/C11H16O3/c1-8-3-2-4-9(12)7-10(13)5-6-11(8)14/h8H,2-7H2,1H3. The summed E-state index contributed by atoms with van der Waals surface area (Å²) in [6.07, 6.45) is 2.55. The molecule has 78 valence electrons. The van der Waals surface area contributed by atoms with E-state index in [0.29, 0.717) is 12.8 Å². The average molecular weight is 196 g/mol. The highest BCUT2D eigenvalue weighted by atomic mass is 16.1. The predicted molar refractivity (Wildman–Crippen MR) is 51.9 cm³/mol. The molecule has 0 aromatic carbocycles. The Labute approximate surface area is 83.9 Å². The van der Waals surface area contributed by atoms with Crippen LogP contribution in [-0.2, 0) is 14.4 Å². The van der Waals surface area contributed by atoms with Gasteiger partial charge in [-0.25, -0.2) is 0 Å². The molecule has 1 fully saturated rings. The van der Waals surface area contributed by atoms with Gasteiger partial charge in [0, 0.05) is 25.2 Å². The van der Waals surface area contributed by atoms with Gasteiger partial charge >= 0.3 is 0 Å². The molecule has 14 heavy (non-hydrogen) atoms. The Morgan fingerprint density at radius 2 is 1.64 bits per heavy atom. The van der Waals surface area contributed by atoms with Crippen molar-refractivity contribution in [2.45, 2.75) is 45.4 Å². The summed E-state index contributed by atoms with van der Waals surface area (Å²) in [4.78, 5) is 33.8. The number of carbonyl (C=O) groups excluding carboxylic acids is 3. The van der Waals surface area contributed by atoms with E-state index >= 15 is 0 Å². The van der Waals surface area contributed by atoms with Gasteiger partial charge in [-0.1, -0.05) is 6.92 Å². The molecule has 3 heteroatoms. The summed E-state index contributed by atoms with van der Waals surface area (Å²) >= 11 is 0. The summed E-state index contributed by atoms with van der Waals surface area (Å²) < 4.78 is 0. The molecular weight excluding hydrogens is 180 g/mol. The summed E-state index contributed by atoms with van der Waals surface area (Å²) in [5.74, 6) is 0.107. The Kier molecular flexibility index (Phi) is 3.98. The molecule has 0 heterocycles. The lowest BCUT2D eigenvalue weighted by Gasteiger charge is -2.11. The first-order valence-corrected chi connectivity index (χ1v) is 5.15. The van der Waals surface area contributed by atoms with E-state index in [0.717, 1.165) is 12.8 Å². The fourth-order valence-electron chi connectivity index (χ4n) is 1.67. The van der Waals surface area contributed by atoms with Crippen molar-refractivity contribution in [2.75, 3.05) is 0 Å². The third kappa shape index (κ3) is 3.40. The topological polar surface area (TPSA) is 51.2 Å². The van der Waals surface area contributed by atoms with Crippen molar-refractivity contribution in [1.82, 2.24) is 0 Å². The summed E-state index contributed by atoms with van der Waals surface area (Å²) in [7, 11) is 0. The van der Waals surface area contributed by atoms with Crippen LogP contribution in [0, 0.1) is 5.92 Å². The summed E-state index contributed by atoms with van der Waals surface area (Å²) in [5, 5.41) is 0. The van der Waals surface area contributed by atoms with Gasteiger partial charge in [0.15, 0.2) is 0 Å². The third-order valence-electron chi connectivity index (χ3n) is 2.69. The molecule has 1 unspecified atom stereocenters. The molecule has 1 aliphatic rings. The lowest BCUT2D eigenvalue weighted by atomic mass is 9.92. The quantitative estimate of drug-likeness (QED) is 0.554. The maximum absolute atomic E-state index is 11.4. The maximum atomic E-state index is 11.4. The van der Waals surface area contributed by atoms with E-state index < -0.39 is 0 Å². The van der Waals surface area contributed by atoms with Crippen LogP contribution in [0.5, 0.6) is 0 Å². The van der Waals surface area contributed by atoms with E-state index in [1.54, 1.807) is 0 Å². The van der Waals surface area contributed by atoms with Gasteiger partial charge in [-0.2, -0.15) is 0 Å². The van der Waals surface area contributed by atoms with E-state index in [9.17, 15) is 14.4 Å². The van der Waals surface area contributed by atoms with Crippen LogP contribution in [0.1, 0.15) is 45.4 Å². The van der Waals surface area contributed by atoms with Crippen molar-refractivity contribution >= 4 is 17.3 Å². The number of ketones is 3. The number of hydrogen-bond acceptors (Lipinski definition) is 3. The van der Waals surface area contributed by atoms with Crippen molar-refractivity contribution in [3.8, 4) is 0 Å². The van der Waals surface area contributed by atoms with E-state index in [2.05, 4.69) is 0 Å². The fraction of sp³-hybridized carbons (Fsp3) is 0.727. The largest absolute Gasteiger partial charge is 0.299 e. The number of carbonyl (C=O) groups is 3. The monoisotopic (exact) mass is 196 g/mol. The summed E-state index contributed by atoms with van der Waals surface area (Å²) in [5.41, 5.74) is 0. The van der Waals surface area contributed by atoms with Gasteiger partial charge in [-0.15, -0.1) is 0 Å². The van der Waals surface area contributed by atoms with Crippen LogP contribution in [0.15, 0.2) is 0 Å². The van der Waals surface area contributed by atoms with Crippen LogP contribution >= 0.6 is 0 Å². The Morgan fingerprint density at radius 1 is 1.00 bits per heavy atom. The summed E-state index contributed by atoms with van der Waals surface area (Å²) in [6, 6.07) is 0. The minimum absolute atomic E-state index is 0.00806. The highest BCUT2D eigenvalue weighted by molar-refractivity contribution is 6.00. The van der Waals surface area contributed by atoms with Crippen molar-refractivity contribution < 1.29 is 14.4 Å². The lowest BCUT2D eigenvalue weighted by molar-refractivity contribution is -0.130. The Balaban J connectivity index is 2.56. The van der Waals surface area contributed by atoms with Crippen LogP contribution in [0.4, 0.5) is 0 Å². The molecule has 3 nitrogen and oxygen atoms in total. The molecule has 1 atom stereocenters. The van der Waals surface area contributed by atoms with Crippen LogP contribution in [0.2, 0.25) is 0 Å². The van der Waals surface area contributed by atoms with Gasteiger partial charge in [-0.05, 0) is 12.8 Å².